The Labute approximate surface area is 158 Å². The van der Waals surface area contributed by atoms with Gasteiger partial charge in [0.05, 0.1) is 0 Å². The van der Waals surface area contributed by atoms with Gasteiger partial charge >= 0.3 is 10.4 Å². The molecule has 1 unspecified atom stereocenters. The molecule has 9 heteroatoms. The van der Waals surface area contributed by atoms with Gasteiger partial charge in [0, 0.05) is 11.4 Å². The largest absolute Gasteiger partial charge is 0.508 e. The van der Waals surface area contributed by atoms with Crippen molar-refractivity contribution in [3.05, 3.63) is 41.7 Å². The zero-order chi connectivity index (χ0) is 19.5. The fourth-order valence-electron chi connectivity index (χ4n) is 1.93. The number of aromatic hydroxyl groups is 1. The molecule has 0 spiro atoms. The number of benzene rings is 1. The average Bonchev–Trinajstić information content (AvgIpc) is 2.46. The van der Waals surface area contributed by atoms with Crippen LogP contribution in [0.3, 0.4) is 0 Å². The van der Waals surface area contributed by atoms with Crippen molar-refractivity contribution in [2.24, 2.45) is 5.41 Å². The minimum atomic E-state index is -4.33. The first-order chi connectivity index (χ1) is 11.9. The molecule has 2 rings (SSSR count). The molecule has 26 heavy (non-hydrogen) atoms. The molecule has 0 aliphatic carbocycles. The van der Waals surface area contributed by atoms with Gasteiger partial charge < -0.3 is 9.29 Å². The standard InChI is InChI=1S/C17H22N2O5S2/c1-11-10-12(2)19-16(18-11)25-15(17(3,4)5)24-26(21,22)23-14-8-6-13(20)7-9-14/h6-10,15,20H,1-5H3. The molecule has 1 aromatic carbocycles. The van der Waals surface area contributed by atoms with Crippen molar-refractivity contribution < 1.29 is 21.9 Å². The van der Waals surface area contributed by atoms with E-state index in [0.717, 1.165) is 23.1 Å². The monoisotopic (exact) mass is 398 g/mol. The zero-order valence-corrected chi connectivity index (χ0v) is 16.9. The maximum absolute atomic E-state index is 12.3. The molecular formula is C17H22N2O5S2. The number of rotatable bonds is 6. The summed E-state index contributed by atoms with van der Waals surface area (Å²) < 4.78 is 34.9. The summed E-state index contributed by atoms with van der Waals surface area (Å²) in [6, 6.07) is 7.15. The predicted molar refractivity (Wildman–Crippen MR) is 99.3 cm³/mol. The lowest BCUT2D eigenvalue weighted by Crippen LogP contribution is -2.31. The van der Waals surface area contributed by atoms with Crippen molar-refractivity contribution in [3.63, 3.8) is 0 Å². The molecule has 1 atom stereocenters. The molecule has 0 radical (unpaired) electrons. The van der Waals surface area contributed by atoms with Gasteiger partial charge in [-0.25, -0.2) is 14.2 Å². The summed E-state index contributed by atoms with van der Waals surface area (Å²) in [5.41, 5.74) is 0.245. The van der Waals surface area contributed by atoms with E-state index in [0.29, 0.717) is 5.16 Å². The first kappa shape index (κ1) is 20.5. The third kappa shape index (κ3) is 6.15. The van der Waals surface area contributed by atoms with Gasteiger partial charge in [0.1, 0.15) is 16.9 Å². The lowest BCUT2D eigenvalue weighted by molar-refractivity contribution is 0.154. The average molecular weight is 399 g/mol. The first-order valence-electron chi connectivity index (χ1n) is 7.85. The quantitative estimate of drug-likeness (QED) is 0.448. The van der Waals surface area contributed by atoms with Crippen LogP contribution in [0.2, 0.25) is 0 Å². The summed E-state index contributed by atoms with van der Waals surface area (Å²) in [6.45, 7) is 9.24. The molecule has 0 amide bonds. The Bertz CT molecular complexity index is 841. The number of aromatic nitrogens is 2. The third-order valence-electron chi connectivity index (χ3n) is 3.12. The van der Waals surface area contributed by atoms with Gasteiger partial charge in [-0.3, -0.25) is 0 Å². The second-order valence-electron chi connectivity index (χ2n) is 6.83. The van der Waals surface area contributed by atoms with Crippen LogP contribution in [0.4, 0.5) is 0 Å². The van der Waals surface area contributed by atoms with Crippen LogP contribution in [0, 0.1) is 19.3 Å². The number of aryl methyl sites for hydroxylation is 2. The van der Waals surface area contributed by atoms with Crippen LogP contribution in [-0.4, -0.2) is 28.9 Å². The Morgan fingerprint density at radius 3 is 2.12 bits per heavy atom. The molecule has 1 heterocycles. The topological polar surface area (TPSA) is 98.6 Å². The van der Waals surface area contributed by atoms with Gasteiger partial charge in [-0.2, -0.15) is 8.42 Å². The lowest BCUT2D eigenvalue weighted by Gasteiger charge is -2.28. The van der Waals surface area contributed by atoms with Crippen LogP contribution < -0.4 is 4.18 Å². The van der Waals surface area contributed by atoms with Crippen molar-refractivity contribution in [1.29, 1.82) is 0 Å². The fraction of sp³-hybridized carbons (Fsp3) is 0.412. The van der Waals surface area contributed by atoms with E-state index in [1.54, 1.807) is 0 Å². The SMILES string of the molecule is Cc1cc(C)nc(SC(OS(=O)(=O)Oc2ccc(O)cc2)C(C)(C)C)n1. The highest BCUT2D eigenvalue weighted by atomic mass is 32.3. The van der Waals surface area contributed by atoms with Gasteiger partial charge in [0.2, 0.25) is 0 Å². The van der Waals surface area contributed by atoms with Crippen LogP contribution in [0.1, 0.15) is 32.2 Å². The number of phenolic OH excluding ortho intramolecular Hbond substituents is 1. The summed E-state index contributed by atoms with van der Waals surface area (Å²) in [6.07, 6.45) is 0. The molecule has 0 fully saturated rings. The van der Waals surface area contributed by atoms with Crippen LogP contribution in [0.15, 0.2) is 35.5 Å². The van der Waals surface area contributed by atoms with Crippen molar-refractivity contribution in [2.75, 3.05) is 0 Å². The second-order valence-corrected chi connectivity index (χ2v) is 9.04. The summed E-state index contributed by atoms with van der Waals surface area (Å²) in [5.74, 6) is 0.0499. The van der Waals surface area contributed by atoms with E-state index >= 15 is 0 Å². The zero-order valence-electron chi connectivity index (χ0n) is 15.3. The van der Waals surface area contributed by atoms with E-state index in [1.165, 1.54) is 24.3 Å². The van der Waals surface area contributed by atoms with Crippen LogP contribution in [0.25, 0.3) is 0 Å². The molecule has 142 valence electrons. The van der Waals surface area contributed by atoms with Gasteiger partial charge in [-0.1, -0.05) is 32.5 Å². The summed E-state index contributed by atoms with van der Waals surface area (Å²) >= 11 is 1.12. The minimum Gasteiger partial charge on any atom is -0.508 e. The van der Waals surface area contributed by atoms with E-state index in [-0.39, 0.29) is 11.5 Å². The Hall–Kier alpha value is -1.84. The highest BCUT2D eigenvalue weighted by Crippen LogP contribution is 2.36. The van der Waals surface area contributed by atoms with E-state index in [4.69, 9.17) is 8.37 Å². The molecule has 0 aliphatic rings. The predicted octanol–water partition coefficient (Wildman–Crippen LogP) is 3.60. The first-order valence-corrected chi connectivity index (χ1v) is 10.1. The van der Waals surface area contributed by atoms with Crippen molar-refractivity contribution >= 4 is 22.2 Å². The van der Waals surface area contributed by atoms with Gasteiger partial charge in [-0.15, -0.1) is 0 Å². The van der Waals surface area contributed by atoms with Crippen molar-refractivity contribution in [1.82, 2.24) is 9.97 Å². The summed E-state index contributed by atoms with van der Waals surface area (Å²) in [7, 11) is -4.33. The molecule has 7 nitrogen and oxygen atoms in total. The highest BCUT2D eigenvalue weighted by Gasteiger charge is 2.33. The number of hydrogen-bond acceptors (Lipinski definition) is 8. The molecule has 1 aromatic heterocycles. The molecule has 0 saturated heterocycles. The van der Waals surface area contributed by atoms with E-state index in [9.17, 15) is 13.5 Å². The molecular weight excluding hydrogens is 376 g/mol. The third-order valence-corrected chi connectivity index (χ3v) is 5.48. The molecule has 0 bridgehead atoms. The molecule has 1 N–H and O–H groups in total. The highest BCUT2D eigenvalue weighted by molar-refractivity contribution is 8.00. The Kier molecular flexibility index (Phi) is 6.15. The van der Waals surface area contributed by atoms with Crippen LogP contribution in [0.5, 0.6) is 11.5 Å². The van der Waals surface area contributed by atoms with Crippen molar-refractivity contribution in [3.8, 4) is 11.5 Å². The number of thioether (sulfide) groups is 1. The lowest BCUT2D eigenvalue weighted by atomic mass is 9.98. The normalized spacial score (nSPS) is 13.4. The van der Waals surface area contributed by atoms with Gasteiger partial charge in [-0.05, 0) is 49.6 Å². The number of phenols is 1. The maximum Gasteiger partial charge on any atom is 0.450 e. The Morgan fingerprint density at radius 1 is 1.08 bits per heavy atom. The number of nitrogens with zero attached hydrogens (tertiary/aromatic N) is 2. The maximum atomic E-state index is 12.3. The molecule has 2 aromatic rings. The van der Waals surface area contributed by atoms with E-state index in [1.807, 2.05) is 40.7 Å². The molecule has 0 aliphatic heterocycles. The van der Waals surface area contributed by atoms with Gasteiger partial charge in [0.25, 0.3) is 0 Å². The summed E-state index contributed by atoms with van der Waals surface area (Å²) in [4.78, 5) is 8.64. The second kappa shape index (κ2) is 7.81. The fourth-order valence-corrected chi connectivity index (χ4v) is 4.20. The van der Waals surface area contributed by atoms with Crippen LogP contribution >= 0.6 is 11.8 Å². The van der Waals surface area contributed by atoms with E-state index in [2.05, 4.69) is 9.97 Å². The minimum absolute atomic E-state index is 0.00533. The number of hydrogen-bond donors (Lipinski definition) is 1. The smallest absolute Gasteiger partial charge is 0.450 e. The molecule has 0 saturated carbocycles. The van der Waals surface area contributed by atoms with E-state index < -0.39 is 21.2 Å². The Balaban J connectivity index is 2.20. The van der Waals surface area contributed by atoms with Crippen LogP contribution in [-0.2, 0) is 14.6 Å². The summed E-state index contributed by atoms with van der Waals surface area (Å²) in [5, 5.41) is 9.70. The van der Waals surface area contributed by atoms with Gasteiger partial charge in [0.15, 0.2) is 5.16 Å². The van der Waals surface area contributed by atoms with Crippen molar-refractivity contribution in [2.45, 2.75) is 45.2 Å². The Morgan fingerprint density at radius 2 is 1.62 bits per heavy atom.